The summed E-state index contributed by atoms with van der Waals surface area (Å²) >= 11 is 0. The molecule has 0 bridgehead atoms. The van der Waals surface area contributed by atoms with E-state index in [0.717, 1.165) is 6.08 Å². The van der Waals surface area contributed by atoms with Crippen molar-refractivity contribution in [3.8, 4) is 17.2 Å². The summed E-state index contributed by atoms with van der Waals surface area (Å²) in [7, 11) is 3.00. The van der Waals surface area contributed by atoms with Crippen molar-refractivity contribution in [2.45, 2.75) is 19.6 Å². The van der Waals surface area contributed by atoms with Gasteiger partial charge in [-0.05, 0) is 42.8 Å². The number of para-hydroxylation sites is 2. The van der Waals surface area contributed by atoms with Gasteiger partial charge in [-0.25, -0.2) is 4.79 Å². The van der Waals surface area contributed by atoms with Gasteiger partial charge in [0, 0.05) is 6.08 Å². The normalized spacial score (nSPS) is 11.8. The molecule has 1 unspecified atom stereocenters. The number of hydrogen-bond acceptors (Lipinski definition) is 6. The smallest absolute Gasteiger partial charge is 0.387 e. The third-order valence-corrected chi connectivity index (χ3v) is 3.84. The van der Waals surface area contributed by atoms with Crippen molar-refractivity contribution < 1.29 is 37.3 Å². The lowest BCUT2D eigenvalue weighted by molar-refractivity contribution is -0.148. The Morgan fingerprint density at radius 2 is 1.70 bits per heavy atom. The van der Waals surface area contributed by atoms with Crippen molar-refractivity contribution >= 4 is 23.6 Å². The third kappa shape index (κ3) is 6.47. The van der Waals surface area contributed by atoms with E-state index >= 15 is 0 Å². The maximum Gasteiger partial charge on any atom is 0.387 e. The third-order valence-electron chi connectivity index (χ3n) is 3.84. The average molecular weight is 421 g/mol. The predicted molar refractivity (Wildman–Crippen MR) is 106 cm³/mol. The van der Waals surface area contributed by atoms with Gasteiger partial charge in [0.25, 0.3) is 5.91 Å². The Kier molecular flexibility index (Phi) is 8.16. The predicted octanol–water partition coefficient (Wildman–Crippen LogP) is 3.89. The number of nitrogens with one attached hydrogen (secondary N) is 1. The molecule has 1 amide bonds. The minimum atomic E-state index is -3.04. The molecule has 0 heterocycles. The van der Waals surface area contributed by atoms with Gasteiger partial charge in [0.05, 0.1) is 19.9 Å². The summed E-state index contributed by atoms with van der Waals surface area (Å²) in [6, 6.07) is 10.7. The molecule has 2 aromatic carbocycles. The number of anilines is 1. The van der Waals surface area contributed by atoms with Gasteiger partial charge in [-0.2, -0.15) is 8.78 Å². The van der Waals surface area contributed by atoms with E-state index in [1.807, 2.05) is 0 Å². The maximum atomic E-state index is 12.5. The molecular weight excluding hydrogens is 400 g/mol. The largest absolute Gasteiger partial charge is 0.493 e. The second-order valence-corrected chi connectivity index (χ2v) is 5.89. The minimum Gasteiger partial charge on any atom is -0.493 e. The average Bonchev–Trinajstić information content (AvgIpc) is 2.72. The molecule has 30 heavy (non-hydrogen) atoms. The molecule has 1 N–H and O–H groups in total. The zero-order valence-electron chi connectivity index (χ0n) is 16.6. The Bertz CT molecular complexity index is 916. The highest BCUT2D eigenvalue weighted by Crippen LogP contribution is 2.28. The van der Waals surface area contributed by atoms with Crippen LogP contribution in [0.1, 0.15) is 12.5 Å². The second kappa shape index (κ2) is 10.8. The number of benzene rings is 2. The van der Waals surface area contributed by atoms with Crippen LogP contribution in [-0.4, -0.2) is 38.8 Å². The van der Waals surface area contributed by atoms with Gasteiger partial charge in [0.15, 0.2) is 17.6 Å². The van der Waals surface area contributed by atoms with E-state index in [2.05, 4.69) is 10.1 Å². The quantitative estimate of drug-likeness (QED) is 0.489. The molecule has 0 spiro atoms. The fraction of sp³-hybridized carbons (Fsp3) is 0.238. The molecule has 160 valence electrons. The number of amides is 1. The van der Waals surface area contributed by atoms with Crippen molar-refractivity contribution in [3.05, 3.63) is 54.1 Å². The zero-order chi connectivity index (χ0) is 22.1. The molecule has 1 atom stereocenters. The lowest BCUT2D eigenvalue weighted by Gasteiger charge is -2.15. The SMILES string of the molecule is COc1ccc(/C=C/C(=O)OC(C)C(=O)Nc2ccccc2OC(F)F)cc1OC. The molecule has 9 heteroatoms. The first kappa shape index (κ1) is 22.7. The molecule has 2 rings (SSSR count). The number of esters is 1. The molecule has 7 nitrogen and oxygen atoms in total. The van der Waals surface area contributed by atoms with Crippen LogP contribution in [-0.2, 0) is 14.3 Å². The molecule has 0 aliphatic carbocycles. The van der Waals surface area contributed by atoms with Crippen molar-refractivity contribution in [2.75, 3.05) is 19.5 Å². The lowest BCUT2D eigenvalue weighted by Crippen LogP contribution is -2.29. The Labute approximate surface area is 172 Å². The van der Waals surface area contributed by atoms with Gasteiger partial charge in [-0.3, -0.25) is 4.79 Å². The monoisotopic (exact) mass is 421 g/mol. The number of methoxy groups -OCH3 is 2. The van der Waals surface area contributed by atoms with Crippen LogP contribution in [0.3, 0.4) is 0 Å². The maximum absolute atomic E-state index is 12.5. The van der Waals surface area contributed by atoms with Gasteiger partial charge in [0.2, 0.25) is 0 Å². The van der Waals surface area contributed by atoms with Crippen molar-refractivity contribution in [1.82, 2.24) is 0 Å². The zero-order valence-corrected chi connectivity index (χ0v) is 16.6. The fourth-order valence-corrected chi connectivity index (χ4v) is 2.39. The van der Waals surface area contributed by atoms with E-state index in [1.165, 1.54) is 51.5 Å². The fourth-order valence-electron chi connectivity index (χ4n) is 2.39. The topological polar surface area (TPSA) is 83.1 Å². The number of halogens is 2. The van der Waals surface area contributed by atoms with E-state index in [9.17, 15) is 18.4 Å². The first-order valence-electron chi connectivity index (χ1n) is 8.79. The summed E-state index contributed by atoms with van der Waals surface area (Å²) in [5, 5.41) is 2.39. The van der Waals surface area contributed by atoms with Crippen LogP contribution in [0.15, 0.2) is 48.5 Å². The second-order valence-electron chi connectivity index (χ2n) is 5.89. The van der Waals surface area contributed by atoms with Crippen LogP contribution < -0.4 is 19.5 Å². The molecule has 0 saturated carbocycles. The van der Waals surface area contributed by atoms with Crippen molar-refractivity contribution in [1.29, 1.82) is 0 Å². The Morgan fingerprint density at radius 3 is 2.37 bits per heavy atom. The Morgan fingerprint density at radius 1 is 1.00 bits per heavy atom. The summed E-state index contributed by atoms with van der Waals surface area (Å²) in [6.07, 6.45) is 1.46. The standard InChI is InChI=1S/C21H21F2NO6/c1-13(20(26)24-15-6-4-5-7-16(15)30-21(22)23)29-19(25)11-9-14-8-10-17(27-2)18(12-14)28-3/h4-13,21H,1-3H3,(H,24,26)/b11-9+. The highest BCUT2D eigenvalue weighted by Gasteiger charge is 2.19. The number of ether oxygens (including phenoxy) is 4. The molecule has 0 aliphatic rings. The number of hydrogen-bond donors (Lipinski definition) is 1. The van der Waals surface area contributed by atoms with Gasteiger partial charge in [-0.1, -0.05) is 18.2 Å². The Hall–Kier alpha value is -3.62. The van der Waals surface area contributed by atoms with Gasteiger partial charge in [0.1, 0.15) is 5.75 Å². The summed E-state index contributed by atoms with van der Waals surface area (Å²) < 4.78 is 44.6. The summed E-state index contributed by atoms with van der Waals surface area (Å²) in [5.74, 6) is -0.630. The highest BCUT2D eigenvalue weighted by atomic mass is 19.3. The summed E-state index contributed by atoms with van der Waals surface area (Å²) in [4.78, 5) is 24.2. The first-order chi connectivity index (χ1) is 14.3. The van der Waals surface area contributed by atoms with E-state index in [0.29, 0.717) is 17.1 Å². The molecular formula is C21H21F2NO6. The van der Waals surface area contributed by atoms with Crippen molar-refractivity contribution in [3.63, 3.8) is 0 Å². The van der Waals surface area contributed by atoms with Crippen LogP contribution in [0, 0.1) is 0 Å². The summed E-state index contributed by atoms with van der Waals surface area (Å²) in [6.45, 7) is -1.69. The summed E-state index contributed by atoms with van der Waals surface area (Å²) in [5.41, 5.74) is 0.686. The highest BCUT2D eigenvalue weighted by molar-refractivity contribution is 5.97. The lowest BCUT2D eigenvalue weighted by atomic mass is 10.2. The number of alkyl halides is 2. The van der Waals surface area contributed by atoms with E-state index < -0.39 is 24.6 Å². The number of rotatable bonds is 9. The van der Waals surface area contributed by atoms with Crippen LogP contribution in [0.4, 0.5) is 14.5 Å². The van der Waals surface area contributed by atoms with Gasteiger partial charge >= 0.3 is 12.6 Å². The molecule has 0 fully saturated rings. The van der Waals surface area contributed by atoms with E-state index in [-0.39, 0.29) is 11.4 Å². The van der Waals surface area contributed by atoms with Crippen LogP contribution in [0.25, 0.3) is 6.08 Å². The van der Waals surface area contributed by atoms with Crippen LogP contribution >= 0.6 is 0 Å². The van der Waals surface area contributed by atoms with Gasteiger partial charge < -0.3 is 24.3 Å². The molecule has 2 aromatic rings. The van der Waals surface area contributed by atoms with Crippen molar-refractivity contribution in [2.24, 2.45) is 0 Å². The Balaban J connectivity index is 1.97. The van der Waals surface area contributed by atoms with Crippen LogP contribution in [0.2, 0.25) is 0 Å². The first-order valence-corrected chi connectivity index (χ1v) is 8.79. The molecule has 0 radical (unpaired) electrons. The van der Waals surface area contributed by atoms with E-state index in [1.54, 1.807) is 18.2 Å². The minimum absolute atomic E-state index is 0.0339. The molecule has 0 aliphatic heterocycles. The molecule has 0 saturated heterocycles. The number of carbonyl (C=O) groups excluding carboxylic acids is 2. The number of carbonyl (C=O) groups is 2. The van der Waals surface area contributed by atoms with Gasteiger partial charge in [-0.15, -0.1) is 0 Å². The van der Waals surface area contributed by atoms with E-state index in [4.69, 9.17) is 14.2 Å². The van der Waals surface area contributed by atoms with Crippen LogP contribution in [0.5, 0.6) is 17.2 Å². The molecule has 0 aromatic heterocycles.